The zero-order chi connectivity index (χ0) is 14.4. The van der Waals surface area contributed by atoms with Gasteiger partial charge in [-0.05, 0) is 39.2 Å². The van der Waals surface area contributed by atoms with Crippen molar-refractivity contribution in [3.8, 4) is 5.75 Å². The summed E-state index contributed by atoms with van der Waals surface area (Å²) in [7, 11) is 0. The van der Waals surface area contributed by atoms with Crippen molar-refractivity contribution in [3.05, 3.63) is 40.9 Å². The standard InChI is InChI=1S/C16H18BrNO2/c1-2-3-10-18-15(19)11-20-14-9-8-12-6-4-5-7-13(12)16(14)17/h4-9H,2-3,10-11H2,1H3,(H,18,19). The topological polar surface area (TPSA) is 38.3 Å². The van der Waals surface area contributed by atoms with E-state index in [2.05, 4.69) is 28.2 Å². The van der Waals surface area contributed by atoms with Gasteiger partial charge < -0.3 is 10.1 Å². The molecule has 0 unspecified atom stereocenters. The van der Waals surface area contributed by atoms with Crippen molar-refractivity contribution < 1.29 is 9.53 Å². The van der Waals surface area contributed by atoms with Crippen LogP contribution in [0.15, 0.2) is 40.9 Å². The second-order valence-electron chi connectivity index (χ2n) is 4.59. The van der Waals surface area contributed by atoms with Crippen molar-refractivity contribution >= 4 is 32.6 Å². The molecular weight excluding hydrogens is 318 g/mol. The minimum Gasteiger partial charge on any atom is -0.483 e. The molecule has 3 nitrogen and oxygen atoms in total. The fourth-order valence-corrected chi connectivity index (χ4v) is 2.53. The molecule has 0 saturated heterocycles. The third kappa shape index (κ3) is 3.73. The lowest BCUT2D eigenvalue weighted by atomic mass is 10.1. The number of carbonyl (C=O) groups excluding carboxylic acids is 1. The van der Waals surface area contributed by atoms with Crippen LogP contribution >= 0.6 is 15.9 Å². The van der Waals surface area contributed by atoms with E-state index >= 15 is 0 Å². The Balaban J connectivity index is 2.00. The fourth-order valence-electron chi connectivity index (χ4n) is 1.92. The van der Waals surface area contributed by atoms with Gasteiger partial charge >= 0.3 is 0 Å². The summed E-state index contributed by atoms with van der Waals surface area (Å²) in [6.07, 6.45) is 2.06. The summed E-state index contributed by atoms with van der Waals surface area (Å²) in [5.74, 6) is 0.604. The van der Waals surface area contributed by atoms with E-state index in [0.29, 0.717) is 12.3 Å². The number of carbonyl (C=O) groups is 1. The molecule has 2 rings (SSSR count). The van der Waals surface area contributed by atoms with Gasteiger partial charge in [0, 0.05) is 6.54 Å². The Labute approximate surface area is 127 Å². The molecule has 0 spiro atoms. The Kier molecular flexibility index (Phi) is 5.41. The maximum absolute atomic E-state index is 11.6. The molecule has 0 fully saturated rings. The van der Waals surface area contributed by atoms with Gasteiger partial charge in [-0.15, -0.1) is 0 Å². The van der Waals surface area contributed by atoms with Crippen LogP contribution in [-0.2, 0) is 4.79 Å². The Morgan fingerprint density at radius 3 is 2.85 bits per heavy atom. The Bertz CT molecular complexity index is 598. The molecule has 0 bridgehead atoms. The van der Waals surface area contributed by atoms with Gasteiger partial charge in [0.2, 0.25) is 0 Å². The van der Waals surface area contributed by atoms with Crippen LogP contribution in [0, 0.1) is 0 Å². The average molecular weight is 336 g/mol. The van der Waals surface area contributed by atoms with Crippen LogP contribution in [0.1, 0.15) is 19.8 Å². The first kappa shape index (κ1) is 14.9. The van der Waals surface area contributed by atoms with Crippen LogP contribution in [0.4, 0.5) is 0 Å². The average Bonchev–Trinajstić information content (AvgIpc) is 2.47. The van der Waals surface area contributed by atoms with E-state index in [0.717, 1.165) is 28.1 Å². The monoisotopic (exact) mass is 335 g/mol. The first-order valence-corrected chi connectivity index (χ1v) is 7.58. The van der Waals surface area contributed by atoms with E-state index in [4.69, 9.17) is 4.74 Å². The molecule has 20 heavy (non-hydrogen) atoms. The summed E-state index contributed by atoms with van der Waals surface area (Å²) in [5, 5.41) is 5.05. The molecule has 2 aromatic rings. The van der Waals surface area contributed by atoms with E-state index in [-0.39, 0.29) is 12.5 Å². The molecule has 0 radical (unpaired) electrons. The summed E-state index contributed by atoms with van der Waals surface area (Å²) in [5.41, 5.74) is 0. The minimum atomic E-state index is -0.0847. The molecule has 0 aromatic heterocycles. The second kappa shape index (κ2) is 7.29. The minimum absolute atomic E-state index is 0.0423. The molecular formula is C16H18BrNO2. The number of amides is 1. The van der Waals surface area contributed by atoms with Crippen molar-refractivity contribution in [2.45, 2.75) is 19.8 Å². The van der Waals surface area contributed by atoms with E-state index < -0.39 is 0 Å². The highest BCUT2D eigenvalue weighted by atomic mass is 79.9. The molecule has 0 aliphatic rings. The Hall–Kier alpha value is -1.55. The lowest BCUT2D eigenvalue weighted by molar-refractivity contribution is -0.123. The summed E-state index contributed by atoms with van der Waals surface area (Å²) in [6, 6.07) is 11.9. The number of nitrogens with one attached hydrogen (secondary N) is 1. The van der Waals surface area contributed by atoms with Crippen LogP contribution in [-0.4, -0.2) is 19.1 Å². The van der Waals surface area contributed by atoms with Crippen LogP contribution < -0.4 is 10.1 Å². The van der Waals surface area contributed by atoms with Crippen molar-refractivity contribution in [2.75, 3.05) is 13.2 Å². The zero-order valence-corrected chi connectivity index (χ0v) is 13.1. The van der Waals surface area contributed by atoms with Gasteiger partial charge in [-0.25, -0.2) is 0 Å². The Morgan fingerprint density at radius 2 is 2.05 bits per heavy atom. The van der Waals surface area contributed by atoms with Crippen LogP contribution in [0.3, 0.4) is 0 Å². The van der Waals surface area contributed by atoms with Crippen molar-refractivity contribution in [1.29, 1.82) is 0 Å². The first-order chi connectivity index (χ1) is 9.72. The van der Waals surface area contributed by atoms with Gasteiger partial charge in [0.1, 0.15) is 5.75 Å². The van der Waals surface area contributed by atoms with Gasteiger partial charge in [-0.3, -0.25) is 4.79 Å². The van der Waals surface area contributed by atoms with Gasteiger partial charge in [0.15, 0.2) is 6.61 Å². The van der Waals surface area contributed by atoms with Gasteiger partial charge in [-0.2, -0.15) is 0 Å². The SMILES string of the molecule is CCCCNC(=O)COc1ccc2ccccc2c1Br. The van der Waals surface area contributed by atoms with Crippen LogP contribution in [0.5, 0.6) is 5.75 Å². The predicted molar refractivity (Wildman–Crippen MR) is 85.1 cm³/mol. The van der Waals surface area contributed by atoms with E-state index in [1.807, 2.05) is 36.4 Å². The van der Waals surface area contributed by atoms with Crippen molar-refractivity contribution in [2.24, 2.45) is 0 Å². The molecule has 0 atom stereocenters. The maximum atomic E-state index is 11.6. The highest BCUT2D eigenvalue weighted by molar-refractivity contribution is 9.10. The largest absolute Gasteiger partial charge is 0.483 e. The quantitative estimate of drug-likeness (QED) is 0.813. The molecule has 2 aromatic carbocycles. The maximum Gasteiger partial charge on any atom is 0.257 e. The number of hydrogen-bond donors (Lipinski definition) is 1. The highest BCUT2D eigenvalue weighted by Crippen LogP contribution is 2.32. The lowest BCUT2D eigenvalue weighted by Crippen LogP contribution is -2.29. The zero-order valence-electron chi connectivity index (χ0n) is 11.5. The Morgan fingerprint density at radius 1 is 1.25 bits per heavy atom. The number of ether oxygens (including phenoxy) is 1. The van der Waals surface area contributed by atoms with Gasteiger partial charge in [0.05, 0.1) is 4.47 Å². The normalized spacial score (nSPS) is 10.5. The smallest absolute Gasteiger partial charge is 0.257 e. The van der Waals surface area contributed by atoms with Gasteiger partial charge in [-0.1, -0.05) is 43.7 Å². The van der Waals surface area contributed by atoms with E-state index in [1.165, 1.54) is 0 Å². The molecule has 0 aliphatic heterocycles. The number of unbranched alkanes of at least 4 members (excludes halogenated alkanes) is 1. The summed E-state index contributed by atoms with van der Waals surface area (Å²) < 4.78 is 6.46. The van der Waals surface area contributed by atoms with Crippen molar-refractivity contribution in [3.63, 3.8) is 0 Å². The third-order valence-corrected chi connectivity index (χ3v) is 3.86. The van der Waals surface area contributed by atoms with Crippen molar-refractivity contribution in [1.82, 2.24) is 5.32 Å². The number of halogens is 1. The number of fused-ring (bicyclic) bond motifs is 1. The molecule has 1 N–H and O–H groups in total. The summed E-state index contributed by atoms with van der Waals surface area (Å²) >= 11 is 3.54. The predicted octanol–water partition coefficient (Wildman–Crippen LogP) is 3.90. The molecule has 0 saturated carbocycles. The molecule has 106 valence electrons. The molecule has 0 aliphatic carbocycles. The highest BCUT2D eigenvalue weighted by Gasteiger charge is 2.08. The molecule has 0 heterocycles. The van der Waals surface area contributed by atoms with Gasteiger partial charge in [0.25, 0.3) is 5.91 Å². The van der Waals surface area contributed by atoms with Crippen LogP contribution in [0.25, 0.3) is 10.8 Å². The van der Waals surface area contributed by atoms with E-state index in [9.17, 15) is 4.79 Å². The third-order valence-electron chi connectivity index (χ3n) is 3.04. The fraction of sp³-hybridized carbons (Fsp3) is 0.312. The number of hydrogen-bond acceptors (Lipinski definition) is 2. The number of benzene rings is 2. The number of rotatable bonds is 6. The summed E-state index contributed by atoms with van der Waals surface area (Å²) in [4.78, 5) is 11.6. The van der Waals surface area contributed by atoms with E-state index in [1.54, 1.807) is 0 Å². The van der Waals surface area contributed by atoms with Crippen LogP contribution in [0.2, 0.25) is 0 Å². The lowest BCUT2D eigenvalue weighted by Gasteiger charge is -2.10. The molecule has 1 amide bonds. The second-order valence-corrected chi connectivity index (χ2v) is 5.38. The molecule has 4 heteroatoms. The summed E-state index contributed by atoms with van der Waals surface area (Å²) in [6.45, 7) is 2.84. The first-order valence-electron chi connectivity index (χ1n) is 6.79.